The molecule has 0 unspecified atom stereocenters. The number of ether oxygens (including phenoxy) is 1. The topological polar surface area (TPSA) is 38.5 Å². The lowest BCUT2D eigenvalue weighted by atomic mass is 10.3. The van der Waals surface area contributed by atoms with Gasteiger partial charge >= 0.3 is 0 Å². The molecule has 0 heterocycles. The lowest BCUT2D eigenvalue weighted by Gasteiger charge is -2.26. The fraction of sp³-hybridized carbons (Fsp3) is 0.857. The van der Waals surface area contributed by atoms with Crippen molar-refractivity contribution in [2.75, 3.05) is 20.3 Å². The van der Waals surface area contributed by atoms with Gasteiger partial charge in [0, 0.05) is 19.7 Å². The second kappa shape index (κ2) is 5.32. The number of methoxy groups -OCH3 is 1. The van der Waals surface area contributed by atoms with Crippen LogP contribution in [-0.2, 0) is 4.74 Å². The Balaban J connectivity index is 3.80. The summed E-state index contributed by atoms with van der Waals surface area (Å²) in [6, 6.07) is 0.350. The standard InChI is InChI=1S/C7H16N2OS/c1-6(2)9(7(8)11)4-5-10-3/h6H,4-5H2,1-3H3,(H2,8,11). The maximum absolute atomic E-state index is 5.48. The maximum Gasteiger partial charge on any atom is 0.166 e. The molecule has 0 aromatic carbocycles. The quantitative estimate of drug-likeness (QED) is 0.636. The van der Waals surface area contributed by atoms with Gasteiger partial charge in [-0.15, -0.1) is 0 Å². The molecule has 0 atom stereocenters. The Hall–Kier alpha value is -0.350. The highest BCUT2D eigenvalue weighted by atomic mass is 32.1. The van der Waals surface area contributed by atoms with Gasteiger partial charge < -0.3 is 15.4 Å². The summed E-state index contributed by atoms with van der Waals surface area (Å²) >= 11 is 4.85. The van der Waals surface area contributed by atoms with E-state index in [0.717, 1.165) is 6.54 Å². The third-order valence-electron chi connectivity index (χ3n) is 1.44. The molecule has 0 spiro atoms. The van der Waals surface area contributed by atoms with Crippen molar-refractivity contribution in [3.8, 4) is 0 Å². The van der Waals surface area contributed by atoms with E-state index in [-0.39, 0.29) is 0 Å². The lowest BCUT2D eigenvalue weighted by molar-refractivity contribution is 0.167. The van der Waals surface area contributed by atoms with Crippen LogP contribution in [0.3, 0.4) is 0 Å². The number of hydrogen-bond acceptors (Lipinski definition) is 2. The molecule has 0 bridgehead atoms. The lowest BCUT2D eigenvalue weighted by Crippen LogP contribution is -2.42. The van der Waals surface area contributed by atoms with E-state index in [1.165, 1.54) is 0 Å². The fourth-order valence-corrected chi connectivity index (χ4v) is 1.11. The fourth-order valence-electron chi connectivity index (χ4n) is 0.813. The van der Waals surface area contributed by atoms with Crippen LogP contribution in [0.5, 0.6) is 0 Å². The van der Waals surface area contributed by atoms with E-state index >= 15 is 0 Å². The SMILES string of the molecule is COCCN(C(N)=S)C(C)C. The molecule has 3 nitrogen and oxygen atoms in total. The molecule has 0 radical (unpaired) electrons. The van der Waals surface area contributed by atoms with E-state index in [9.17, 15) is 0 Å². The van der Waals surface area contributed by atoms with Crippen LogP contribution in [0.1, 0.15) is 13.8 Å². The highest BCUT2D eigenvalue weighted by molar-refractivity contribution is 7.80. The number of nitrogens with zero attached hydrogens (tertiary/aromatic N) is 1. The first-order valence-corrected chi connectivity index (χ1v) is 4.05. The highest BCUT2D eigenvalue weighted by Gasteiger charge is 2.08. The molecule has 4 heteroatoms. The van der Waals surface area contributed by atoms with Crippen molar-refractivity contribution in [1.29, 1.82) is 0 Å². The van der Waals surface area contributed by atoms with Crippen LogP contribution in [0.25, 0.3) is 0 Å². The van der Waals surface area contributed by atoms with Crippen LogP contribution in [0.4, 0.5) is 0 Å². The first-order valence-electron chi connectivity index (χ1n) is 3.64. The normalized spacial score (nSPS) is 10.2. The van der Waals surface area contributed by atoms with E-state index in [1.54, 1.807) is 7.11 Å². The third-order valence-corrected chi connectivity index (χ3v) is 1.68. The highest BCUT2D eigenvalue weighted by Crippen LogP contribution is 1.96. The van der Waals surface area contributed by atoms with Crippen LogP contribution < -0.4 is 5.73 Å². The Kier molecular flexibility index (Phi) is 5.15. The predicted molar refractivity (Wildman–Crippen MR) is 50.5 cm³/mol. The van der Waals surface area contributed by atoms with Crippen molar-refractivity contribution in [2.45, 2.75) is 19.9 Å². The predicted octanol–water partition coefficient (Wildman–Crippen LogP) is 0.587. The summed E-state index contributed by atoms with van der Waals surface area (Å²) < 4.78 is 4.92. The molecule has 66 valence electrons. The van der Waals surface area contributed by atoms with Crippen LogP contribution in [-0.4, -0.2) is 36.3 Å². The summed E-state index contributed by atoms with van der Waals surface area (Å²) in [6.07, 6.45) is 0. The zero-order chi connectivity index (χ0) is 8.85. The monoisotopic (exact) mass is 176 g/mol. The molecule has 0 rings (SSSR count). The van der Waals surface area contributed by atoms with Gasteiger partial charge in [-0.05, 0) is 26.1 Å². The average Bonchev–Trinajstić information content (AvgIpc) is 1.87. The van der Waals surface area contributed by atoms with Crippen molar-refractivity contribution in [1.82, 2.24) is 4.90 Å². The molecule has 11 heavy (non-hydrogen) atoms. The smallest absolute Gasteiger partial charge is 0.166 e. The van der Waals surface area contributed by atoms with Gasteiger partial charge in [0.15, 0.2) is 5.11 Å². The average molecular weight is 176 g/mol. The molecule has 0 aliphatic carbocycles. The Morgan fingerprint density at radius 1 is 1.64 bits per heavy atom. The Morgan fingerprint density at radius 2 is 2.18 bits per heavy atom. The van der Waals surface area contributed by atoms with Gasteiger partial charge in [-0.2, -0.15) is 0 Å². The van der Waals surface area contributed by atoms with Crippen molar-refractivity contribution in [2.24, 2.45) is 5.73 Å². The minimum Gasteiger partial charge on any atom is -0.383 e. The molecule has 0 aliphatic rings. The molecule has 0 aromatic heterocycles. The van der Waals surface area contributed by atoms with Gasteiger partial charge in [0.25, 0.3) is 0 Å². The van der Waals surface area contributed by atoms with Gasteiger partial charge in [-0.1, -0.05) is 0 Å². The molecule has 0 aliphatic heterocycles. The van der Waals surface area contributed by atoms with Crippen LogP contribution in [0.2, 0.25) is 0 Å². The molecule has 0 amide bonds. The van der Waals surface area contributed by atoms with Gasteiger partial charge in [0.1, 0.15) is 0 Å². The van der Waals surface area contributed by atoms with E-state index in [1.807, 2.05) is 4.90 Å². The maximum atomic E-state index is 5.48. The summed E-state index contributed by atoms with van der Waals surface area (Å²) in [4.78, 5) is 1.93. The molecule has 0 fully saturated rings. The van der Waals surface area contributed by atoms with Crippen LogP contribution in [0.15, 0.2) is 0 Å². The van der Waals surface area contributed by atoms with Crippen molar-refractivity contribution < 1.29 is 4.74 Å². The Morgan fingerprint density at radius 3 is 2.45 bits per heavy atom. The van der Waals surface area contributed by atoms with E-state index < -0.39 is 0 Å². The molecule has 0 saturated heterocycles. The number of hydrogen-bond donors (Lipinski definition) is 1. The Labute approximate surface area is 73.5 Å². The zero-order valence-corrected chi connectivity index (χ0v) is 8.15. The molecular formula is C7H16N2OS. The molecular weight excluding hydrogens is 160 g/mol. The molecule has 0 saturated carbocycles. The summed E-state index contributed by atoms with van der Waals surface area (Å²) in [5.74, 6) is 0. The van der Waals surface area contributed by atoms with E-state index in [4.69, 9.17) is 22.7 Å². The second-order valence-electron chi connectivity index (χ2n) is 2.62. The third kappa shape index (κ3) is 4.16. The summed E-state index contributed by atoms with van der Waals surface area (Å²) in [6.45, 7) is 5.53. The van der Waals surface area contributed by atoms with Crippen molar-refractivity contribution >= 4 is 17.3 Å². The molecule has 0 aromatic rings. The number of rotatable bonds is 4. The van der Waals surface area contributed by atoms with Crippen molar-refractivity contribution in [3.63, 3.8) is 0 Å². The molecule has 2 N–H and O–H groups in total. The van der Waals surface area contributed by atoms with Crippen LogP contribution in [0, 0.1) is 0 Å². The zero-order valence-electron chi connectivity index (χ0n) is 7.33. The van der Waals surface area contributed by atoms with Gasteiger partial charge in [0.05, 0.1) is 6.61 Å². The number of thiocarbonyl (C=S) groups is 1. The van der Waals surface area contributed by atoms with Gasteiger partial charge in [-0.3, -0.25) is 0 Å². The van der Waals surface area contributed by atoms with Gasteiger partial charge in [-0.25, -0.2) is 0 Å². The first kappa shape index (κ1) is 10.7. The summed E-state index contributed by atoms with van der Waals surface area (Å²) in [7, 11) is 1.66. The van der Waals surface area contributed by atoms with Gasteiger partial charge in [0.2, 0.25) is 0 Å². The van der Waals surface area contributed by atoms with E-state index in [2.05, 4.69) is 13.8 Å². The second-order valence-corrected chi connectivity index (χ2v) is 3.04. The number of nitrogens with two attached hydrogens (primary N) is 1. The summed E-state index contributed by atoms with van der Waals surface area (Å²) in [5.41, 5.74) is 5.48. The summed E-state index contributed by atoms with van der Waals surface area (Å²) in [5, 5.41) is 0.442. The minimum absolute atomic E-state index is 0.350. The van der Waals surface area contributed by atoms with Crippen LogP contribution >= 0.6 is 12.2 Å². The van der Waals surface area contributed by atoms with E-state index in [0.29, 0.717) is 17.8 Å². The largest absolute Gasteiger partial charge is 0.383 e. The first-order chi connectivity index (χ1) is 5.09. The minimum atomic E-state index is 0.350. The Bertz CT molecular complexity index is 128. The van der Waals surface area contributed by atoms with Crippen molar-refractivity contribution in [3.05, 3.63) is 0 Å².